The first kappa shape index (κ1) is 26.9. The van der Waals surface area contributed by atoms with Gasteiger partial charge in [-0.3, -0.25) is 0 Å². The summed E-state index contributed by atoms with van der Waals surface area (Å²) in [5.41, 5.74) is 2.09. The highest BCUT2D eigenvalue weighted by molar-refractivity contribution is 5.89. The Balaban J connectivity index is 1.57. The third kappa shape index (κ3) is 6.58. The van der Waals surface area contributed by atoms with Crippen molar-refractivity contribution in [1.29, 1.82) is 0 Å². The fourth-order valence-corrected chi connectivity index (χ4v) is 4.05. The Hall–Kier alpha value is -4.16. The molecule has 0 saturated carbocycles. The lowest BCUT2D eigenvalue weighted by molar-refractivity contribution is -0.0696. The van der Waals surface area contributed by atoms with Crippen LogP contribution in [0.4, 0.5) is 26.3 Å². The molecule has 4 aromatic carbocycles. The number of hydrogen-bond donors (Lipinski definition) is 0. The molecule has 0 unspecified atom stereocenters. The number of unbranched alkanes of at least 4 members (excludes halogenated alkanes) is 2. The van der Waals surface area contributed by atoms with Crippen LogP contribution >= 0.6 is 0 Å². The van der Waals surface area contributed by atoms with Gasteiger partial charge in [-0.05, 0) is 65.8 Å². The van der Waals surface area contributed by atoms with Crippen molar-refractivity contribution in [3.05, 3.63) is 106 Å². The van der Waals surface area contributed by atoms with E-state index in [0.717, 1.165) is 30.4 Å². The van der Waals surface area contributed by atoms with E-state index >= 15 is 0 Å². The molecule has 0 aromatic heterocycles. The minimum Gasteiger partial charge on any atom is -0.206 e. The van der Waals surface area contributed by atoms with Crippen LogP contribution in [0.1, 0.15) is 48.4 Å². The van der Waals surface area contributed by atoms with Crippen molar-refractivity contribution in [2.75, 3.05) is 0 Å². The van der Waals surface area contributed by atoms with Crippen molar-refractivity contribution in [2.45, 2.75) is 38.8 Å². The van der Waals surface area contributed by atoms with Gasteiger partial charge in [0.25, 0.3) is 0 Å². The average Bonchev–Trinajstić information content (AvgIpc) is 2.87. The van der Waals surface area contributed by atoms with Crippen LogP contribution in [0.2, 0.25) is 0 Å². The Bertz CT molecular complexity index is 1590. The highest BCUT2D eigenvalue weighted by Gasteiger charge is 2.24. The molecule has 0 radical (unpaired) electrons. The van der Waals surface area contributed by atoms with Crippen LogP contribution in [-0.4, -0.2) is 6.18 Å². The van der Waals surface area contributed by atoms with Crippen LogP contribution in [0.5, 0.6) is 0 Å². The molecule has 0 amide bonds. The quantitative estimate of drug-likeness (QED) is 0.140. The van der Waals surface area contributed by atoms with Gasteiger partial charge in [0.05, 0.1) is 5.56 Å². The zero-order chi connectivity index (χ0) is 27.3. The fraction of sp³-hybridized carbons (Fsp3) is 0.188. The molecule has 0 N–H and O–H groups in total. The van der Waals surface area contributed by atoms with Gasteiger partial charge in [0, 0.05) is 28.0 Å². The first-order valence-corrected chi connectivity index (χ1v) is 12.1. The number of hydrogen-bond acceptors (Lipinski definition) is 0. The van der Waals surface area contributed by atoms with Crippen molar-refractivity contribution in [3.63, 3.8) is 0 Å². The number of aryl methyl sites for hydroxylation is 1. The zero-order valence-electron chi connectivity index (χ0n) is 20.4. The SMILES string of the molecule is CCCCCc1ccc(C#Cc2ccc(-c3ccc4c(F)c(C#CC(F)(F)F)c(F)cc4c3)c(F)c2)cc1. The topological polar surface area (TPSA) is 0 Å². The minimum absolute atomic E-state index is 0.0662. The van der Waals surface area contributed by atoms with Gasteiger partial charge in [0.1, 0.15) is 17.5 Å². The molecule has 38 heavy (non-hydrogen) atoms. The Morgan fingerprint density at radius 2 is 1.42 bits per heavy atom. The second-order valence-corrected chi connectivity index (χ2v) is 8.83. The molecule has 4 aromatic rings. The molecule has 0 bridgehead atoms. The second-order valence-electron chi connectivity index (χ2n) is 8.83. The maximum Gasteiger partial charge on any atom is 0.458 e. The van der Waals surface area contributed by atoms with E-state index < -0.39 is 29.2 Å². The molecule has 0 spiro atoms. The summed E-state index contributed by atoms with van der Waals surface area (Å²) in [5, 5.41) is -0.0580. The largest absolute Gasteiger partial charge is 0.458 e. The van der Waals surface area contributed by atoms with Crippen LogP contribution in [0.3, 0.4) is 0 Å². The molecule has 4 rings (SSSR count). The summed E-state index contributed by atoms with van der Waals surface area (Å²) in [6.07, 6.45) is -0.356. The first-order chi connectivity index (χ1) is 18.1. The highest BCUT2D eigenvalue weighted by Crippen LogP contribution is 2.30. The lowest BCUT2D eigenvalue weighted by Gasteiger charge is -2.08. The van der Waals surface area contributed by atoms with Gasteiger partial charge in [-0.2, -0.15) is 13.2 Å². The molecule has 0 aliphatic rings. The Labute approximate surface area is 217 Å². The van der Waals surface area contributed by atoms with Gasteiger partial charge in [-0.25, -0.2) is 13.2 Å². The molecular formula is C32H22F6. The molecule has 0 nitrogen and oxygen atoms in total. The Kier molecular flexibility index (Phi) is 8.13. The van der Waals surface area contributed by atoms with E-state index in [0.29, 0.717) is 11.1 Å². The summed E-state index contributed by atoms with van der Waals surface area (Å²) in [7, 11) is 0. The molecule has 6 heteroatoms. The minimum atomic E-state index is -4.88. The van der Waals surface area contributed by atoms with Gasteiger partial charge in [-0.15, -0.1) is 0 Å². The lowest BCUT2D eigenvalue weighted by Crippen LogP contribution is -2.02. The van der Waals surface area contributed by atoms with E-state index in [9.17, 15) is 26.3 Å². The monoisotopic (exact) mass is 520 g/mol. The molecule has 0 atom stereocenters. The number of halogens is 6. The van der Waals surface area contributed by atoms with Gasteiger partial charge in [0.15, 0.2) is 0 Å². The predicted octanol–water partition coefficient (Wildman–Crippen LogP) is 8.97. The third-order valence-electron chi connectivity index (χ3n) is 6.01. The summed E-state index contributed by atoms with van der Waals surface area (Å²) < 4.78 is 81.1. The molecule has 0 saturated heterocycles. The molecule has 0 heterocycles. The maximum atomic E-state index is 15.0. The van der Waals surface area contributed by atoms with Crippen LogP contribution in [0.25, 0.3) is 21.9 Å². The zero-order valence-corrected chi connectivity index (χ0v) is 20.4. The van der Waals surface area contributed by atoms with E-state index in [1.165, 1.54) is 54.7 Å². The van der Waals surface area contributed by atoms with Gasteiger partial charge in [-0.1, -0.05) is 67.9 Å². The Morgan fingerprint density at radius 3 is 2.11 bits per heavy atom. The predicted molar refractivity (Wildman–Crippen MR) is 138 cm³/mol. The summed E-state index contributed by atoms with van der Waals surface area (Å²) in [5.74, 6) is 5.34. The smallest absolute Gasteiger partial charge is 0.206 e. The first-order valence-electron chi connectivity index (χ1n) is 12.1. The number of fused-ring (bicyclic) bond motifs is 1. The standard InChI is InChI=1S/C32H22F6/c1-2-3-4-5-21-6-8-22(9-7-21)10-11-23-12-14-26(29(33)18-23)24-13-15-27-25(19-24)20-30(34)28(31(27)35)16-17-32(36,37)38/h6-9,12-15,18-20H,2-5H2,1H3. The van der Waals surface area contributed by atoms with Crippen LogP contribution in [-0.2, 0) is 6.42 Å². The molecule has 192 valence electrons. The third-order valence-corrected chi connectivity index (χ3v) is 6.01. The molecule has 0 aliphatic heterocycles. The van der Waals surface area contributed by atoms with E-state index in [4.69, 9.17) is 0 Å². The van der Waals surface area contributed by atoms with E-state index in [1.54, 1.807) is 6.07 Å². The number of rotatable bonds is 5. The second kappa shape index (κ2) is 11.5. The highest BCUT2D eigenvalue weighted by atomic mass is 19.4. The summed E-state index contributed by atoms with van der Waals surface area (Å²) in [6, 6.07) is 17.3. The Morgan fingerprint density at radius 1 is 0.711 bits per heavy atom. The number of benzene rings is 4. The average molecular weight is 521 g/mol. The summed E-state index contributed by atoms with van der Waals surface area (Å²) in [6.45, 7) is 2.16. The van der Waals surface area contributed by atoms with Crippen molar-refractivity contribution >= 4 is 10.8 Å². The lowest BCUT2D eigenvalue weighted by atomic mass is 9.98. The summed E-state index contributed by atoms with van der Waals surface area (Å²) in [4.78, 5) is 0. The van der Waals surface area contributed by atoms with Crippen molar-refractivity contribution in [1.82, 2.24) is 0 Å². The van der Waals surface area contributed by atoms with Crippen molar-refractivity contribution < 1.29 is 26.3 Å². The van der Waals surface area contributed by atoms with Gasteiger partial charge < -0.3 is 0 Å². The maximum absolute atomic E-state index is 15.0. The van der Waals surface area contributed by atoms with Crippen LogP contribution < -0.4 is 0 Å². The van der Waals surface area contributed by atoms with E-state index in [2.05, 4.69) is 18.8 Å². The van der Waals surface area contributed by atoms with E-state index in [-0.39, 0.29) is 16.3 Å². The van der Waals surface area contributed by atoms with Gasteiger partial charge >= 0.3 is 6.18 Å². The van der Waals surface area contributed by atoms with Gasteiger partial charge in [0.2, 0.25) is 0 Å². The van der Waals surface area contributed by atoms with Crippen LogP contribution in [0.15, 0.2) is 66.7 Å². The van der Waals surface area contributed by atoms with E-state index in [1.807, 2.05) is 24.3 Å². The molecule has 0 aliphatic carbocycles. The van der Waals surface area contributed by atoms with Crippen molar-refractivity contribution in [3.8, 4) is 34.8 Å². The van der Waals surface area contributed by atoms with Crippen LogP contribution in [0, 0.1) is 41.1 Å². The molecular weight excluding hydrogens is 498 g/mol. The normalized spacial score (nSPS) is 11.0. The number of alkyl halides is 3. The molecule has 0 fully saturated rings. The van der Waals surface area contributed by atoms with Crippen molar-refractivity contribution in [2.24, 2.45) is 0 Å². The summed E-state index contributed by atoms with van der Waals surface area (Å²) >= 11 is 0. The fourth-order valence-electron chi connectivity index (χ4n) is 4.05.